The Morgan fingerprint density at radius 3 is 2.14 bits per heavy atom. The normalized spacial score (nSPS) is 42.5. The van der Waals surface area contributed by atoms with Crippen LogP contribution in [0.25, 0.3) is 0 Å². The molecular formula is C26H43NaO15. The first-order chi connectivity index (χ1) is 19.6. The van der Waals surface area contributed by atoms with E-state index in [0.717, 1.165) is 32.1 Å². The number of hydrogen-bond acceptors (Lipinski definition) is 15. The Hall–Kier alpha value is -0.0500. The predicted octanol–water partition coefficient (Wildman–Crippen LogP) is -7.11. The van der Waals surface area contributed by atoms with E-state index in [2.05, 4.69) is 0 Å². The molecule has 16 heteroatoms. The van der Waals surface area contributed by atoms with Gasteiger partial charge in [-0.1, -0.05) is 32.1 Å². The summed E-state index contributed by atoms with van der Waals surface area (Å²) in [4.78, 5) is 11.9. The maximum absolute atomic E-state index is 11.9. The molecule has 3 aliphatic heterocycles. The Morgan fingerprint density at radius 2 is 1.50 bits per heavy atom. The van der Waals surface area contributed by atoms with E-state index in [-0.39, 0.29) is 61.5 Å². The SMILES string of the molecule is O=C([O-])[C@H](CC1CCCCC1)O[C@H]1[C@@H](O)[C@@H](CO)O[C@@H](O[C@@H]2CCO[C@H](CO)[C@H]2O[C@@H]2OC[C@@H](O)[C@@H](O)[C@@H]2O)[C@@H]1O.[Na+]. The van der Waals surface area contributed by atoms with Crippen LogP contribution >= 0.6 is 0 Å². The summed E-state index contributed by atoms with van der Waals surface area (Å²) >= 11 is 0. The largest absolute Gasteiger partial charge is 1.00 e. The summed E-state index contributed by atoms with van der Waals surface area (Å²) in [7, 11) is 0. The van der Waals surface area contributed by atoms with Crippen LogP contribution in [0.15, 0.2) is 0 Å². The maximum Gasteiger partial charge on any atom is 1.00 e. The summed E-state index contributed by atoms with van der Waals surface area (Å²) in [5, 5.41) is 83.7. The fourth-order valence-corrected chi connectivity index (χ4v) is 5.99. The summed E-state index contributed by atoms with van der Waals surface area (Å²) < 4.78 is 34.1. The Morgan fingerprint density at radius 1 is 0.810 bits per heavy atom. The summed E-state index contributed by atoms with van der Waals surface area (Å²) in [6, 6.07) is 0. The van der Waals surface area contributed by atoms with Crippen LogP contribution in [-0.2, 0) is 33.2 Å². The number of carbonyl (C=O) groups excluding carboxylic acids is 1. The molecule has 0 unspecified atom stereocenters. The van der Waals surface area contributed by atoms with Crippen molar-refractivity contribution in [2.75, 3.05) is 26.4 Å². The molecule has 0 spiro atoms. The summed E-state index contributed by atoms with van der Waals surface area (Å²) in [5.41, 5.74) is 0. The van der Waals surface area contributed by atoms with E-state index in [4.69, 9.17) is 28.4 Å². The van der Waals surface area contributed by atoms with Gasteiger partial charge in [-0.2, -0.15) is 0 Å². The summed E-state index contributed by atoms with van der Waals surface area (Å²) in [5.74, 6) is -1.39. The maximum atomic E-state index is 11.9. The van der Waals surface area contributed by atoms with Gasteiger partial charge in [0.1, 0.15) is 54.9 Å². The molecule has 15 nitrogen and oxygen atoms in total. The minimum absolute atomic E-state index is 0. The van der Waals surface area contributed by atoms with Gasteiger partial charge >= 0.3 is 29.6 Å². The fourth-order valence-electron chi connectivity index (χ4n) is 5.99. The van der Waals surface area contributed by atoms with Gasteiger partial charge in [-0.05, 0) is 18.8 Å². The molecule has 0 radical (unpaired) electrons. The first-order valence-electron chi connectivity index (χ1n) is 14.3. The predicted molar refractivity (Wildman–Crippen MR) is 132 cm³/mol. The first-order valence-corrected chi connectivity index (χ1v) is 14.3. The van der Waals surface area contributed by atoms with Crippen LogP contribution in [0.3, 0.4) is 0 Å². The smallest absolute Gasteiger partial charge is 0.547 e. The molecule has 4 aliphatic rings. The number of aliphatic carboxylic acids is 1. The van der Waals surface area contributed by atoms with E-state index in [0.29, 0.717) is 0 Å². The Kier molecular flexibility index (Phi) is 14.8. The Labute approximate surface area is 265 Å². The molecule has 0 aromatic rings. The molecule has 3 heterocycles. The molecule has 0 amide bonds. The molecule has 238 valence electrons. The van der Waals surface area contributed by atoms with Crippen LogP contribution in [-0.4, -0.2) is 148 Å². The number of hydrogen-bond donors (Lipinski definition) is 7. The molecule has 3 saturated heterocycles. The van der Waals surface area contributed by atoms with Crippen molar-refractivity contribution in [1.82, 2.24) is 0 Å². The average Bonchev–Trinajstić information content (AvgIpc) is 2.97. The molecule has 1 aliphatic carbocycles. The van der Waals surface area contributed by atoms with E-state index in [1.807, 2.05) is 0 Å². The van der Waals surface area contributed by atoms with Gasteiger partial charge in [0.25, 0.3) is 0 Å². The van der Waals surface area contributed by atoms with Crippen LogP contribution in [0.1, 0.15) is 44.9 Å². The van der Waals surface area contributed by atoms with Crippen molar-refractivity contribution < 1.29 is 104 Å². The molecule has 7 N–H and O–H groups in total. The Bertz CT molecular complexity index is 819. The fraction of sp³-hybridized carbons (Fsp3) is 0.962. The molecule has 4 rings (SSSR count). The van der Waals surface area contributed by atoms with Gasteiger partial charge in [-0.15, -0.1) is 0 Å². The van der Waals surface area contributed by atoms with Crippen LogP contribution in [0, 0.1) is 5.92 Å². The third-order valence-electron chi connectivity index (χ3n) is 8.38. The van der Waals surface area contributed by atoms with Crippen molar-refractivity contribution in [3.63, 3.8) is 0 Å². The van der Waals surface area contributed by atoms with Gasteiger partial charge in [0.2, 0.25) is 0 Å². The van der Waals surface area contributed by atoms with E-state index < -0.39 is 98.9 Å². The van der Waals surface area contributed by atoms with Crippen molar-refractivity contribution in [1.29, 1.82) is 0 Å². The van der Waals surface area contributed by atoms with Gasteiger partial charge in [0.15, 0.2) is 12.6 Å². The van der Waals surface area contributed by atoms with Crippen LogP contribution < -0.4 is 34.7 Å². The summed E-state index contributed by atoms with van der Waals surface area (Å²) in [6.07, 6.45) is -13.0. The van der Waals surface area contributed by atoms with Gasteiger partial charge < -0.3 is 74.1 Å². The number of carboxylic acid groups (broad SMARTS) is 1. The molecule has 13 atom stereocenters. The second-order valence-corrected chi connectivity index (χ2v) is 11.3. The minimum atomic E-state index is -1.70. The molecule has 0 bridgehead atoms. The van der Waals surface area contributed by atoms with E-state index in [9.17, 15) is 45.6 Å². The zero-order valence-corrected chi connectivity index (χ0v) is 25.8. The van der Waals surface area contributed by atoms with Crippen molar-refractivity contribution in [2.45, 2.75) is 125 Å². The summed E-state index contributed by atoms with van der Waals surface area (Å²) in [6.45, 7) is -1.44. The molecular weight excluding hydrogens is 575 g/mol. The second-order valence-electron chi connectivity index (χ2n) is 11.3. The van der Waals surface area contributed by atoms with Crippen molar-refractivity contribution in [2.24, 2.45) is 5.92 Å². The number of aliphatic hydroxyl groups is 7. The monoisotopic (exact) mass is 618 g/mol. The minimum Gasteiger partial charge on any atom is -0.547 e. The second kappa shape index (κ2) is 17.0. The quantitative estimate of drug-likeness (QED) is 0.107. The van der Waals surface area contributed by atoms with E-state index >= 15 is 0 Å². The number of aliphatic hydroxyl groups excluding tert-OH is 7. The van der Waals surface area contributed by atoms with E-state index in [1.54, 1.807) is 0 Å². The van der Waals surface area contributed by atoms with Crippen LogP contribution in [0.5, 0.6) is 0 Å². The van der Waals surface area contributed by atoms with Crippen molar-refractivity contribution in [3.05, 3.63) is 0 Å². The van der Waals surface area contributed by atoms with E-state index in [1.165, 1.54) is 0 Å². The number of ether oxygens (including phenoxy) is 6. The third-order valence-corrected chi connectivity index (χ3v) is 8.38. The third kappa shape index (κ3) is 8.81. The van der Waals surface area contributed by atoms with Gasteiger partial charge in [0, 0.05) is 6.61 Å². The van der Waals surface area contributed by atoms with Crippen molar-refractivity contribution in [3.8, 4) is 0 Å². The molecule has 4 fully saturated rings. The molecule has 0 aromatic heterocycles. The van der Waals surface area contributed by atoms with Crippen LogP contribution in [0.2, 0.25) is 0 Å². The van der Waals surface area contributed by atoms with Crippen LogP contribution in [0.4, 0.5) is 0 Å². The topological polar surface area (TPSA) is 237 Å². The standard InChI is InChI=1S/C26H44O15.Na/c27-9-16-19(31)23(38-15(24(34)35)8-12-4-2-1-3-5-12)21(33)26(40-16)39-14-6-7-36-17(10-28)22(14)41-25-20(32)18(30)13(29)11-37-25;/h12-23,25-33H,1-11H2,(H,34,35);/q;+1/p-1/t13-,14-,15+,16-,17-,18-,19+,20+,21-,22+,23+,25+,26-;/m1./s1. The van der Waals surface area contributed by atoms with Gasteiger partial charge in [-0.25, -0.2) is 0 Å². The zero-order valence-electron chi connectivity index (χ0n) is 23.8. The van der Waals surface area contributed by atoms with Gasteiger partial charge in [-0.3, -0.25) is 0 Å². The number of rotatable bonds is 11. The zero-order chi connectivity index (χ0) is 29.7. The Balaban J connectivity index is 0.00000484. The average molecular weight is 619 g/mol. The first kappa shape index (κ1) is 36.4. The van der Waals surface area contributed by atoms with Crippen molar-refractivity contribution >= 4 is 5.97 Å². The number of carbonyl (C=O) groups is 1. The number of carboxylic acids is 1. The molecule has 0 aromatic carbocycles. The van der Waals surface area contributed by atoms with Gasteiger partial charge in [0.05, 0.1) is 38.0 Å². The molecule has 42 heavy (non-hydrogen) atoms. The molecule has 1 saturated carbocycles.